The highest BCUT2D eigenvalue weighted by Crippen LogP contribution is 2.53. The number of aliphatic hydroxyl groups excluding tert-OH is 2. The van der Waals surface area contributed by atoms with Crippen LogP contribution in [0.1, 0.15) is 67.1 Å². The SMILES string of the molecule is CN(C)C1C(O)=C(C(N)=O)C(=O)[C@@]2(O)C(O)=C3C(=O)c4c(O)c(CNC(=O)C5CC5)cc(-c5ccc(C(C)(C)C)cc5)c4C[C@H]3C[C@@H]12. The lowest BCUT2D eigenvalue weighted by Crippen LogP contribution is -2.63. The highest BCUT2D eigenvalue weighted by Gasteiger charge is 2.63. The van der Waals surface area contributed by atoms with Gasteiger partial charge in [0.05, 0.1) is 11.6 Å². The van der Waals surface area contributed by atoms with E-state index in [-0.39, 0.29) is 53.5 Å². The Morgan fingerprint density at radius 2 is 1.70 bits per heavy atom. The summed E-state index contributed by atoms with van der Waals surface area (Å²) in [7, 11) is 3.18. The number of aromatic hydroxyl groups is 1. The number of hydrogen-bond donors (Lipinski definition) is 6. The number of phenols is 1. The molecule has 4 aliphatic rings. The largest absolute Gasteiger partial charge is 0.510 e. The van der Waals surface area contributed by atoms with E-state index in [1.807, 2.05) is 24.3 Å². The topological polar surface area (TPSA) is 190 Å². The molecule has 1 unspecified atom stereocenters. The molecule has 0 spiro atoms. The van der Waals surface area contributed by atoms with Gasteiger partial charge in [0, 0.05) is 29.5 Å². The Labute approximate surface area is 272 Å². The van der Waals surface area contributed by atoms with E-state index in [1.165, 1.54) is 4.90 Å². The van der Waals surface area contributed by atoms with Gasteiger partial charge in [-0.05, 0) is 79.4 Å². The maximum atomic E-state index is 14.4. The average molecular weight is 644 g/mol. The van der Waals surface area contributed by atoms with Crippen molar-refractivity contribution in [2.75, 3.05) is 14.1 Å². The zero-order valence-corrected chi connectivity index (χ0v) is 27.2. The van der Waals surface area contributed by atoms with Crippen LogP contribution in [0, 0.1) is 17.8 Å². The van der Waals surface area contributed by atoms with Crippen molar-refractivity contribution in [1.82, 2.24) is 10.2 Å². The molecule has 0 aromatic heterocycles. The van der Waals surface area contributed by atoms with Crippen LogP contribution in [-0.2, 0) is 32.8 Å². The van der Waals surface area contributed by atoms with Crippen LogP contribution in [0.25, 0.3) is 11.1 Å². The fourth-order valence-corrected chi connectivity index (χ4v) is 7.59. The average Bonchev–Trinajstić information content (AvgIpc) is 3.84. The van der Waals surface area contributed by atoms with Gasteiger partial charge in [-0.3, -0.25) is 24.1 Å². The molecule has 0 aliphatic heterocycles. The van der Waals surface area contributed by atoms with Gasteiger partial charge in [0.2, 0.25) is 11.7 Å². The molecule has 2 aromatic rings. The van der Waals surface area contributed by atoms with E-state index >= 15 is 0 Å². The number of carbonyl (C=O) groups is 4. The second-order valence-corrected chi connectivity index (χ2v) is 14.6. The summed E-state index contributed by atoms with van der Waals surface area (Å²) < 4.78 is 0. The van der Waals surface area contributed by atoms with Crippen molar-refractivity contribution in [3.05, 3.63) is 75.3 Å². The van der Waals surface area contributed by atoms with Gasteiger partial charge in [-0.2, -0.15) is 0 Å². The summed E-state index contributed by atoms with van der Waals surface area (Å²) in [5, 5.41) is 49.1. The zero-order chi connectivity index (χ0) is 34.3. The fraction of sp³-hybridized carbons (Fsp3) is 0.444. The second-order valence-electron chi connectivity index (χ2n) is 14.6. The Bertz CT molecular complexity index is 1800. The molecule has 11 heteroatoms. The summed E-state index contributed by atoms with van der Waals surface area (Å²) in [6.07, 6.45) is 1.74. The van der Waals surface area contributed by atoms with Crippen LogP contribution < -0.4 is 11.1 Å². The van der Waals surface area contributed by atoms with E-state index in [9.17, 15) is 39.6 Å². The number of rotatable bonds is 6. The molecule has 0 saturated heterocycles. The number of ketones is 2. The van der Waals surface area contributed by atoms with Gasteiger partial charge < -0.3 is 31.5 Å². The minimum Gasteiger partial charge on any atom is -0.510 e. The zero-order valence-electron chi connectivity index (χ0n) is 27.2. The summed E-state index contributed by atoms with van der Waals surface area (Å²) in [6.45, 7) is 6.27. The molecular formula is C36H41N3O8. The van der Waals surface area contributed by atoms with Gasteiger partial charge in [0.15, 0.2) is 11.4 Å². The van der Waals surface area contributed by atoms with E-state index in [0.29, 0.717) is 16.7 Å². The van der Waals surface area contributed by atoms with Crippen molar-refractivity contribution < 1.29 is 39.6 Å². The third-order valence-electron chi connectivity index (χ3n) is 10.3. The molecule has 248 valence electrons. The number of allylic oxidation sites excluding steroid dienone is 1. The number of fused-ring (bicyclic) bond motifs is 3. The number of amides is 2. The molecule has 0 heterocycles. The third kappa shape index (κ3) is 5.03. The summed E-state index contributed by atoms with van der Waals surface area (Å²) in [6, 6.07) is 8.61. The lowest BCUT2D eigenvalue weighted by atomic mass is 9.58. The number of primary amides is 1. The van der Waals surface area contributed by atoms with E-state index < -0.39 is 58.0 Å². The monoisotopic (exact) mass is 643 g/mol. The number of nitrogens with one attached hydrogen (secondary N) is 1. The quantitative estimate of drug-likeness (QED) is 0.257. The molecule has 6 rings (SSSR count). The molecule has 7 N–H and O–H groups in total. The summed E-state index contributed by atoms with van der Waals surface area (Å²) in [4.78, 5) is 54.4. The lowest BCUT2D eigenvalue weighted by Gasteiger charge is -2.50. The maximum absolute atomic E-state index is 14.4. The number of benzene rings is 2. The molecule has 0 bridgehead atoms. The number of hydrogen-bond acceptors (Lipinski definition) is 9. The second kappa shape index (κ2) is 11.1. The van der Waals surface area contributed by atoms with Gasteiger partial charge >= 0.3 is 0 Å². The highest BCUT2D eigenvalue weighted by atomic mass is 16.3. The first-order valence-electron chi connectivity index (χ1n) is 15.9. The van der Waals surface area contributed by atoms with E-state index in [0.717, 1.165) is 24.0 Å². The molecule has 0 radical (unpaired) electrons. The number of nitrogens with two attached hydrogens (primary N) is 1. The van der Waals surface area contributed by atoms with Gasteiger partial charge in [0.1, 0.15) is 22.8 Å². The number of Topliss-reactive ketones (excluding diaryl/α,β-unsaturated/α-hetero) is 2. The Balaban J connectivity index is 1.53. The first kappa shape index (κ1) is 32.5. The maximum Gasteiger partial charge on any atom is 0.255 e. The first-order chi connectivity index (χ1) is 22.0. The van der Waals surface area contributed by atoms with Crippen molar-refractivity contribution in [1.29, 1.82) is 0 Å². The van der Waals surface area contributed by atoms with Crippen molar-refractivity contribution >= 4 is 23.4 Å². The highest BCUT2D eigenvalue weighted by molar-refractivity contribution is 6.25. The molecule has 4 aliphatic carbocycles. The Morgan fingerprint density at radius 3 is 2.26 bits per heavy atom. The number of phenolic OH excluding ortho intramolecular Hbond substituents is 1. The molecule has 47 heavy (non-hydrogen) atoms. The van der Waals surface area contributed by atoms with Crippen molar-refractivity contribution in [2.24, 2.45) is 23.5 Å². The van der Waals surface area contributed by atoms with Gasteiger partial charge in [-0.25, -0.2) is 0 Å². The van der Waals surface area contributed by atoms with Crippen LogP contribution in [0.5, 0.6) is 5.75 Å². The predicted octanol–water partition coefficient (Wildman–Crippen LogP) is 3.11. The van der Waals surface area contributed by atoms with Crippen LogP contribution in [0.2, 0.25) is 0 Å². The summed E-state index contributed by atoms with van der Waals surface area (Å²) >= 11 is 0. The number of nitrogens with zero attached hydrogens (tertiary/aromatic N) is 1. The van der Waals surface area contributed by atoms with Crippen molar-refractivity contribution in [2.45, 2.75) is 70.1 Å². The molecule has 11 nitrogen and oxygen atoms in total. The van der Waals surface area contributed by atoms with E-state index in [1.54, 1.807) is 20.2 Å². The van der Waals surface area contributed by atoms with E-state index in [4.69, 9.17) is 5.73 Å². The van der Waals surface area contributed by atoms with Crippen molar-refractivity contribution in [3.63, 3.8) is 0 Å². The Kier molecular flexibility index (Phi) is 7.64. The predicted molar refractivity (Wildman–Crippen MR) is 172 cm³/mol. The first-order valence-corrected chi connectivity index (χ1v) is 15.9. The van der Waals surface area contributed by atoms with Crippen LogP contribution in [-0.4, -0.2) is 74.4 Å². The molecule has 4 atom stereocenters. The van der Waals surface area contributed by atoms with Gasteiger partial charge in [-0.1, -0.05) is 45.0 Å². The van der Waals surface area contributed by atoms with Crippen LogP contribution in [0.3, 0.4) is 0 Å². The van der Waals surface area contributed by atoms with Gasteiger partial charge in [-0.15, -0.1) is 0 Å². The summed E-state index contributed by atoms with van der Waals surface area (Å²) in [5.41, 5.74) is 4.84. The summed E-state index contributed by atoms with van der Waals surface area (Å²) in [5.74, 6) is -7.25. The molecule has 1 saturated carbocycles. The normalized spacial score (nSPS) is 25.8. The van der Waals surface area contributed by atoms with Crippen LogP contribution >= 0.6 is 0 Å². The Hall–Kier alpha value is -4.48. The molecular weight excluding hydrogens is 602 g/mol. The minimum absolute atomic E-state index is 0.00583. The number of likely N-dealkylation sites (N-methyl/N-ethyl adjacent to an activating group) is 1. The van der Waals surface area contributed by atoms with E-state index in [2.05, 4.69) is 26.1 Å². The van der Waals surface area contributed by atoms with Gasteiger partial charge in [0.25, 0.3) is 5.91 Å². The van der Waals surface area contributed by atoms with Crippen LogP contribution in [0.15, 0.2) is 53.0 Å². The van der Waals surface area contributed by atoms with Crippen molar-refractivity contribution in [3.8, 4) is 16.9 Å². The smallest absolute Gasteiger partial charge is 0.255 e. The third-order valence-corrected chi connectivity index (χ3v) is 10.3. The molecule has 1 fully saturated rings. The molecule has 2 amide bonds. The standard InChI is InChI=1S/C36H41N3O8/c1-35(2,3)20-10-8-16(9-11-20)21-13-19(15-38-34(46)17-6-7-17)28(40)25-22(21)12-18-14-23-27(39(4)5)30(42)26(33(37)45)32(44)36(23,47)31(43)24(18)29(25)41/h8-11,13,17-18,23,27,40,42-43,47H,6-7,12,14-15H2,1-5H3,(H2,37,45)(H,38,46)/t18-,23-,27?,36-/m0/s1. The fourth-order valence-electron chi connectivity index (χ4n) is 7.59. The Morgan fingerprint density at radius 1 is 1.06 bits per heavy atom. The lowest BCUT2D eigenvalue weighted by molar-refractivity contribution is -0.148. The van der Waals surface area contributed by atoms with Crippen LogP contribution in [0.4, 0.5) is 0 Å². The number of carbonyl (C=O) groups excluding carboxylic acids is 4. The minimum atomic E-state index is -2.72. The molecule has 2 aromatic carbocycles. The number of aliphatic hydroxyl groups is 3.